The molecule has 1 aromatic heterocycles. The van der Waals surface area contributed by atoms with Crippen LogP contribution in [0.25, 0.3) is 16.8 Å². The minimum atomic E-state index is -0.991. The van der Waals surface area contributed by atoms with Crippen molar-refractivity contribution in [2.75, 3.05) is 6.61 Å². The lowest BCUT2D eigenvalue weighted by Crippen LogP contribution is -2.47. The molecule has 1 aromatic carbocycles. The van der Waals surface area contributed by atoms with E-state index in [1.165, 1.54) is 0 Å². The number of aliphatic hydroxyl groups excluding tert-OH is 1. The van der Waals surface area contributed by atoms with Gasteiger partial charge in [-0.15, -0.1) is 0 Å². The quantitative estimate of drug-likeness (QED) is 0.383. The number of alkyl halides is 1. The molecule has 0 spiro atoms. The van der Waals surface area contributed by atoms with Crippen molar-refractivity contribution >= 4 is 27.3 Å². The van der Waals surface area contributed by atoms with Gasteiger partial charge in [-0.3, -0.25) is 10.4 Å². The summed E-state index contributed by atoms with van der Waals surface area (Å²) in [6.07, 6.45) is 8.22. The Kier molecular flexibility index (Phi) is 5.31. The van der Waals surface area contributed by atoms with Crippen LogP contribution in [0.4, 0.5) is 0 Å². The van der Waals surface area contributed by atoms with Crippen LogP contribution in [0.3, 0.4) is 0 Å². The summed E-state index contributed by atoms with van der Waals surface area (Å²) in [5.41, 5.74) is 12.4. The van der Waals surface area contributed by atoms with E-state index in [1.807, 2.05) is 60.9 Å². The van der Waals surface area contributed by atoms with Gasteiger partial charge in [-0.05, 0) is 43.7 Å². The molecule has 1 unspecified atom stereocenters. The van der Waals surface area contributed by atoms with E-state index >= 15 is 0 Å². The number of nitrogens with zero attached hydrogens (tertiary/aromatic N) is 3. The number of hydrogen-bond donors (Lipinski definition) is 4. The van der Waals surface area contributed by atoms with Crippen LogP contribution in [-0.4, -0.2) is 42.7 Å². The van der Waals surface area contributed by atoms with Gasteiger partial charge in [0.1, 0.15) is 10.3 Å². The Morgan fingerprint density at radius 3 is 2.53 bits per heavy atom. The van der Waals surface area contributed by atoms with Gasteiger partial charge < -0.3 is 15.9 Å². The number of rotatable bonds is 4. The number of nitrogens with two attached hydrogens (primary N) is 1. The van der Waals surface area contributed by atoms with Crippen molar-refractivity contribution in [3.8, 4) is 11.3 Å². The lowest BCUT2D eigenvalue weighted by Gasteiger charge is -2.42. The van der Waals surface area contributed by atoms with Crippen molar-refractivity contribution in [2.24, 2.45) is 16.6 Å². The molecule has 0 radical (unpaired) electrons. The summed E-state index contributed by atoms with van der Waals surface area (Å²) in [6.45, 7) is -0.210. The first-order chi connectivity index (χ1) is 15.4. The first-order valence-corrected chi connectivity index (χ1v) is 11.6. The zero-order valence-corrected chi connectivity index (χ0v) is 19.2. The summed E-state index contributed by atoms with van der Waals surface area (Å²) in [6, 6.07) is 14.1. The van der Waals surface area contributed by atoms with E-state index in [0.717, 1.165) is 41.1 Å². The number of aromatic nitrogens is 1. The van der Waals surface area contributed by atoms with Gasteiger partial charge in [0.15, 0.2) is 5.84 Å². The average Bonchev–Trinajstić information content (AvgIpc) is 3.24. The second kappa shape index (κ2) is 8.03. The summed E-state index contributed by atoms with van der Waals surface area (Å²) < 4.78 is -0.664. The normalized spacial score (nSPS) is 29.5. The highest BCUT2D eigenvalue weighted by Gasteiger charge is 2.45. The molecule has 1 saturated carbocycles. The van der Waals surface area contributed by atoms with Crippen molar-refractivity contribution in [2.45, 2.75) is 35.7 Å². The van der Waals surface area contributed by atoms with Gasteiger partial charge in [0.05, 0.1) is 17.9 Å². The molecule has 2 aliphatic heterocycles. The Balaban J connectivity index is 1.42. The molecule has 166 valence electrons. The van der Waals surface area contributed by atoms with Crippen LogP contribution in [0, 0.1) is 5.92 Å². The zero-order chi connectivity index (χ0) is 22.3. The number of benzene rings is 1. The van der Waals surface area contributed by atoms with Crippen molar-refractivity contribution < 1.29 is 10.2 Å². The SMILES string of the molecule is NC1=CC(Br)(C2CCC(O)(CO)CC2)N=C2C(c3ccc(-c4ccccc4)nc3)=CNN12. The zero-order valence-electron chi connectivity index (χ0n) is 17.6. The van der Waals surface area contributed by atoms with Gasteiger partial charge in [0.2, 0.25) is 0 Å². The highest BCUT2D eigenvalue weighted by molar-refractivity contribution is 9.10. The lowest BCUT2D eigenvalue weighted by molar-refractivity contribution is -0.0534. The Bertz CT molecular complexity index is 1090. The first-order valence-electron chi connectivity index (χ1n) is 10.8. The number of nitrogens with one attached hydrogen (secondary N) is 1. The van der Waals surface area contributed by atoms with E-state index in [2.05, 4.69) is 26.3 Å². The van der Waals surface area contributed by atoms with E-state index in [1.54, 1.807) is 5.01 Å². The van der Waals surface area contributed by atoms with E-state index in [-0.39, 0.29) is 12.5 Å². The maximum absolute atomic E-state index is 10.4. The molecule has 0 saturated heterocycles. The predicted octanol–water partition coefficient (Wildman–Crippen LogP) is 3.13. The fraction of sp³-hybridized carbons (Fsp3) is 0.333. The molecule has 1 aliphatic carbocycles. The van der Waals surface area contributed by atoms with Crippen LogP contribution in [0.1, 0.15) is 31.2 Å². The maximum Gasteiger partial charge on any atom is 0.160 e. The number of aliphatic imine (C=N–C) groups is 1. The number of hydrogen-bond acceptors (Lipinski definition) is 7. The van der Waals surface area contributed by atoms with Crippen LogP contribution in [-0.2, 0) is 0 Å². The number of halogens is 1. The summed E-state index contributed by atoms with van der Waals surface area (Å²) in [5.74, 6) is 1.46. The first kappa shape index (κ1) is 21.2. The number of amidine groups is 1. The average molecular weight is 496 g/mol. The molecule has 8 heteroatoms. The van der Waals surface area contributed by atoms with E-state index in [0.29, 0.717) is 18.7 Å². The Morgan fingerprint density at radius 2 is 1.88 bits per heavy atom. The Morgan fingerprint density at radius 1 is 1.12 bits per heavy atom. The number of fused-ring (bicyclic) bond motifs is 1. The Hall–Kier alpha value is -2.68. The maximum atomic E-state index is 10.4. The molecule has 3 heterocycles. The minimum absolute atomic E-state index is 0.156. The van der Waals surface area contributed by atoms with Crippen molar-refractivity contribution in [1.82, 2.24) is 15.4 Å². The number of aliphatic hydroxyl groups is 2. The standard InChI is InChI=1S/C24H26BrN5O2/c25-24(18-8-10-23(32,15-31)11-9-18)12-21(26)30-22(29-24)19(14-28-30)17-6-7-20(27-13-17)16-4-2-1-3-5-16/h1-7,12-14,18,28,31-32H,8-11,15,26H2. The molecule has 7 nitrogen and oxygen atoms in total. The molecule has 32 heavy (non-hydrogen) atoms. The van der Waals surface area contributed by atoms with Gasteiger partial charge in [0, 0.05) is 29.1 Å². The van der Waals surface area contributed by atoms with Gasteiger partial charge in [-0.1, -0.05) is 52.3 Å². The molecule has 3 aliphatic rings. The highest BCUT2D eigenvalue weighted by Crippen LogP contribution is 2.46. The van der Waals surface area contributed by atoms with Crippen LogP contribution in [0.5, 0.6) is 0 Å². The fourth-order valence-electron chi connectivity index (χ4n) is 4.62. The van der Waals surface area contributed by atoms with E-state index in [9.17, 15) is 10.2 Å². The molecular weight excluding hydrogens is 470 g/mol. The van der Waals surface area contributed by atoms with Crippen LogP contribution in [0.15, 0.2) is 71.8 Å². The van der Waals surface area contributed by atoms with Gasteiger partial charge in [-0.2, -0.15) is 0 Å². The van der Waals surface area contributed by atoms with Crippen molar-refractivity contribution in [1.29, 1.82) is 0 Å². The Labute approximate surface area is 195 Å². The van der Waals surface area contributed by atoms with E-state index in [4.69, 9.17) is 10.7 Å². The molecule has 2 aromatic rings. The van der Waals surface area contributed by atoms with Crippen LogP contribution in [0.2, 0.25) is 0 Å². The molecule has 0 amide bonds. The topological polar surface area (TPSA) is 107 Å². The second-order valence-electron chi connectivity index (χ2n) is 8.71. The smallest absolute Gasteiger partial charge is 0.160 e. The van der Waals surface area contributed by atoms with Crippen LogP contribution >= 0.6 is 15.9 Å². The highest BCUT2D eigenvalue weighted by atomic mass is 79.9. The molecule has 0 bridgehead atoms. The summed E-state index contributed by atoms with van der Waals surface area (Å²) in [4.78, 5) is 9.71. The second-order valence-corrected chi connectivity index (χ2v) is 9.98. The third-order valence-corrected chi connectivity index (χ3v) is 7.66. The van der Waals surface area contributed by atoms with Gasteiger partial charge >= 0.3 is 0 Å². The van der Waals surface area contributed by atoms with Crippen molar-refractivity contribution in [3.05, 3.63) is 72.3 Å². The van der Waals surface area contributed by atoms with Crippen LogP contribution < -0.4 is 11.2 Å². The summed E-state index contributed by atoms with van der Waals surface area (Å²) in [7, 11) is 0. The fourth-order valence-corrected chi connectivity index (χ4v) is 5.48. The van der Waals surface area contributed by atoms with E-state index < -0.39 is 10.0 Å². The monoisotopic (exact) mass is 495 g/mol. The number of pyridine rings is 1. The van der Waals surface area contributed by atoms with Crippen molar-refractivity contribution in [3.63, 3.8) is 0 Å². The molecule has 1 fully saturated rings. The summed E-state index contributed by atoms with van der Waals surface area (Å²) in [5, 5.41) is 21.7. The summed E-state index contributed by atoms with van der Waals surface area (Å²) >= 11 is 3.85. The van der Waals surface area contributed by atoms with Gasteiger partial charge in [0.25, 0.3) is 0 Å². The third-order valence-electron chi connectivity index (χ3n) is 6.60. The minimum Gasteiger partial charge on any atom is -0.393 e. The third kappa shape index (κ3) is 3.72. The predicted molar refractivity (Wildman–Crippen MR) is 128 cm³/mol. The van der Waals surface area contributed by atoms with Gasteiger partial charge in [-0.25, -0.2) is 10.0 Å². The largest absolute Gasteiger partial charge is 0.393 e. The molecule has 5 N–H and O–H groups in total. The molecule has 5 rings (SSSR count). The number of hydrazine groups is 1. The molecule has 1 atom stereocenters. The lowest BCUT2D eigenvalue weighted by atomic mass is 9.76. The molecular formula is C24H26BrN5O2.